The lowest BCUT2D eigenvalue weighted by atomic mass is 10.2. The minimum Gasteiger partial charge on any atom is -0.481 e. The molecule has 1 aromatic heterocycles. The molecule has 0 aliphatic heterocycles. The van der Waals surface area contributed by atoms with E-state index < -0.39 is 6.10 Å². The van der Waals surface area contributed by atoms with Gasteiger partial charge in [0.2, 0.25) is 11.8 Å². The number of pyridine rings is 1. The van der Waals surface area contributed by atoms with Crippen LogP contribution in [0.1, 0.15) is 19.4 Å². The fraction of sp³-hybridized carbons (Fsp3) is 0.571. The summed E-state index contributed by atoms with van der Waals surface area (Å²) in [6.45, 7) is 5.60. The first-order valence-corrected chi connectivity index (χ1v) is 6.63. The largest absolute Gasteiger partial charge is 0.481 e. The molecule has 6 heteroatoms. The van der Waals surface area contributed by atoms with Crippen LogP contribution in [0.5, 0.6) is 5.88 Å². The highest BCUT2D eigenvalue weighted by Crippen LogP contribution is 2.08. The maximum atomic E-state index is 11.8. The van der Waals surface area contributed by atoms with E-state index in [-0.39, 0.29) is 5.91 Å². The van der Waals surface area contributed by atoms with Crippen molar-refractivity contribution < 1.29 is 19.0 Å². The molecule has 1 rings (SSSR count). The minimum absolute atomic E-state index is 0.155. The van der Waals surface area contributed by atoms with Crippen molar-refractivity contribution in [3.05, 3.63) is 23.9 Å². The lowest BCUT2D eigenvalue weighted by Crippen LogP contribution is -2.34. The maximum Gasteiger partial charge on any atom is 0.249 e. The summed E-state index contributed by atoms with van der Waals surface area (Å²) >= 11 is 0. The van der Waals surface area contributed by atoms with Crippen molar-refractivity contribution in [2.75, 3.05) is 26.9 Å². The molecule has 0 saturated carbocycles. The van der Waals surface area contributed by atoms with E-state index >= 15 is 0 Å². The number of carbonyl (C=O) groups is 1. The van der Waals surface area contributed by atoms with Gasteiger partial charge in [-0.25, -0.2) is 4.98 Å². The second-order valence-electron chi connectivity index (χ2n) is 4.13. The number of hydrogen-bond acceptors (Lipinski definition) is 5. The summed E-state index contributed by atoms with van der Waals surface area (Å²) in [5.41, 5.74) is 0.923. The van der Waals surface area contributed by atoms with Gasteiger partial charge in [0.1, 0.15) is 6.10 Å². The summed E-state index contributed by atoms with van der Waals surface area (Å²) in [4.78, 5) is 15.8. The van der Waals surface area contributed by atoms with Gasteiger partial charge in [0.25, 0.3) is 0 Å². The van der Waals surface area contributed by atoms with Crippen LogP contribution in [-0.4, -0.2) is 43.9 Å². The molecule has 0 saturated heterocycles. The molecule has 1 unspecified atom stereocenters. The normalized spacial score (nSPS) is 11.9. The topological polar surface area (TPSA) is 69.7 Å². The smallest absolute Gasteiger partial charge is 0.249 e. The Labute approximate surface area is 119 Å². The Bertz CT molecular complexity index is 412. The molecule has 0 aliphatic carbocycles. The van der Waals surface area contributed by atoms with Gasteiger partial charge >= 0.3 is 0 Å². The predicted molar refractivity (Wildman–Crippen MR) is 74.5 cm³/mol. The number of methoxy groups -OCH3 is 1. The zero-order chi connectivity index (χ0) is 14.8. The monoisotopic (exact) mass is 282 g/mol. The lowest BCUT2D eigenvalue weighted by molar-refractivity contribution is -0.132. The van der Waals surface area contributed by atoms with Crippen molar-refractivity contribution in [3.63, 3.8) is 0 Å². The number of ether oxygens (including phenoxy) is 3. The molecule has 6 nitrogen and oxygen atoms in total. The number of aromatic nitrogens is 1. The van der Waals surface area contributed by atoms with Gasteiger partial charge < -0.3 is 19.5 Å². The summed E-state index contributed by atoms with van der Waals surface area (Å²) in [5, 5.41) is 2.80. The number of carbonyl (C=O) groups excluding carboxylic acids is 1. The summed E-state index contributed by atoms with van der Waals surface area (Å²) in [7, 11) is 1.55. The van der Waals surface area contributed by atoms with Crippen LogP contribution in [0.15, 0.2) is 18.3 Å². The Kier molecular flexibility index (Phi) is 7.60. The van der Waals surface area contributed by atoms with Crippen molar-refractivity contribution in [2.45, 2.75) is 26.5 Å². The Hall–Kier alpha value is -1.66. The van der Waals surface area contributed by atoms with Gasteiger partial charge in [-0.3, -0.25) is 4.79 Å². The number of amides is 1. The average molecular weight is 282 g/mol. The van der Waals surface area contributed by atoms with Crippen molar-refractivity contribution in [1.29, 1.82) is 0 Å². The van der Waals surface area contributed by atoms with E-state index in [1.54, 1.807) is 26.3 Å². The van der Waals surface area contributed by atoms with Crippen molar-refractivity contribution >= 4 is 5.91 Å². The zero-order valence-corrected chi connectivity index (χ0v) is 12.2. The molecule has 0 aromatic carbocycles. The molecule has 1 atom stereocenters. The second-order valence-corrected chi connectivity index (χ2v) is 4.13. The molecule has 0 spiro atoms. The van der Waals surface area contributed by atoms with Gasteiger partial charge in [-0.2, -0.15) is 0 Å². The Morgan fingerprint density at radius 1 is 1.45 bits per heavy atom. The van der Waals surface area contributed by atoms with E-state index in [0.29, 0.717) is 32.2 Å². The first-order valence-electron chi connectivity index (χ1n) is 6.63. The Morgan fingerprint density at radius 2 is 2.25 bits per heavy atom. The lowest BCUT2D eigenvalue weighted by Gasteiger charge is -2.13. The van der Waals surface area contributed by atoms with Crippen LogP contribution < -0.4 is 10.1 Å². The van der Waals surface area contributed by atoms with E-state index in [2.05, 4.69) is 10.3 Å². The predicted octanol–water partition coefficient (Wildman–Crippen LogP) is 1.15. The third-order valence-electron chi connectivity index (χ3n) is 2.64. The van der Waals surface area contributed by atoms with Crippen LogP contribution in [-0.2, 0) is 20.8 Å². The highest BCUT2D eigenvalue weighted by molar-refractivity contribution is 5.80. The van der Waals surface area contributed by atoms with E-state index in [9.17, 15) is 4.79 Å². The highest BCUT2D eigenvalue weighted by atomic mass is 16.5. The standard InChI is InChI=1S/C14H22N2O4/c1-4-19-7-8-20-11(2)14(17)16-10-12-5-6-15-13(9-12)18-3/h5-6,9,11H,4,7-8,10H2,1-3H3,(H,16,17). The second kappa shape index (κ2) is 9.28. The van der Waals surface area contributed by atoms with Gasteiger partial charge in [0.15, 0.2) is 0 Å². The molecular weight excluding hydrogens is 260 g/mol. The van der Waals surface area contributed by atoms with E-state index in [0.717, 1.165) is 5.56 Å². The number of nitrogens with zero attached hydrogens (tertiary/aromatic N) is 1. The van der Waals surface area contributed by atoms with Crippen molar-refractivity contribution in [2.24, 2.45) is 0 Å². The van der Waals surface area contributed by atoms with Crippen LogP contribution in [0.4, 0.5) is 0 Å². The first-order chi connectivity index (χ1) is 9.67. The van der Waals surface area contributed by atoms with E-state index in [4.69, 9.17) is 14.2 Å². The quantitative estimate of drug-likeness (QED) is 0.688. The highest BCUT2D eigenvalue weighted by Gasteiger charge is 2.12. The number of nitrogens with one attached hydrogen (secondary N) is 1. The van der Waals surface area contributed by atoms with Crippen LogP contribution in [0, 0.1) is 0 Å². The van der Waals surface area contributed by atoms with Gasteiger partial charge in [0.05, 0.1) is 20.3 Å². The zero-order valence-electron chi connectivity index (χ0n) is 12.2. The van der Waals surface area contributed by atoms with E-state index in [1.165, 1.54) is 0 Å². The minimum atomic E-state index is -0.501. The summed E-state index contributed by atoms with van der Waals surface area (Å²) in [6.07, 6.45) is 1.14. The molecule has 0 radical (unpaired) electrons. The molecule has 1 heterocycles. The number of rotatable bonds is 9. The van der Waals surface area contributed by atoms with Crippen LogP contribution in [0.2, 0.25) is 0 Å². The third-order valence-corrected chi connectivity index (χ3v) is 2.64. The maximum absolute atomic E-state index is 11.8. The SMILES string of the molecule is CCOCCOC(C)C(=O)NCc1ccnc(OC)c1. The van der Waals surface area contributed by atoms with Crippen LogP contribution in [0.25, 0.3) is 0 Å². The molecule has 1 amide bonds. The van der Waals surface area contributed by atoms with Gasteiger partial charge in [0, 0.05) is 25.4 Å². The summed E-state index contributed by atoms with van der Waals surface area (Å²) < 4.78 is 15.5. The summed E-state index contributed by atoms with van der Waals surface area (Å²) in [5.74, 6) is 0.370. The van der Waals surface area contributed by atoms with Crippen LogP contribution in [0.3, 0.4) is 0 Å². The van der Waals surface area contributed by atoms with Gasteiger partial charge in [-0.1, -0.05) is 0 Å². The fourth-order valence-electron chi connectivity index (χ4n) is 1.51. The van der Waals surface area contributed by atoms with Crippen LogP contribution >= 0.6 is 0 Å². The Balaban J connectivity index is 2.30. The summed E-state index contributed by atoms with van der Waals surface area (Å²) in [6, 6.07) is 3.60. The van der Waals surface area contributed by atoms with E-state index in [1.807, 2.05) is 13.0 Å². The van der Waals surface area contributed by atoms with Crippen molar-refractivity contribution in [1.82, 2.24) is 10.3 Å². The average Bonchev–Trinajstić information content (AvgIpc) is 2.49. The first kappa shape index (κ1) is 16.4. The van der Waals surface area contributed by atoms with Gasteiger partial charge in [-0.15, -0.1) is 0 Å². The molecule has 0 bridgehead atoms. The fourth-order valence-corrected chi connectivity index (χ4v) is 1.51. The van der Waals surface area contributed by atoms with Crippen molar-refractivity contribution in [3.8, 4) is 5.88 Å². The molecular formula is C14H22N2O4. The molecule has 1 aromatic rings. The third kappa shape index (κ3) is 5.99. The Morgan fingerprint density at radius 3 is 2.95 bits per heavy atom. The molecule has 0 aliphatic rings. The van der Waals surface area contributed by atoms with Gasteiger partial charge in [-0.05, 0) is 25.5 Å². The molecule has 112 valence electrons. The molecule has 20 heavy (non-hydrogen) atoms. The molecule has 1 N–H and O–H groups in total. The molecule has 0 fully saturated rings. The number of hydrogen-bond donors (Lipinski definition) is 1.